The summed E-state index contributed by atoms with van der Waals surface area (Å²) in [5.74, 6) is -0.538. The van der Waals surface area contributed by atoms with Crippen LogP contribution < -0.4 is 0 Å². The molecule has 0 atom stereocenters. The number of ketones is 1. The lowest BCUT2D eigenvalue weighted by Gasteiger charge is -2.16. The third kappa shape index (κ3) is 5.04. The highest BCUT2D eigenvalue weighted by Crippen LogP contribution is 2.39. The van der Waals surface area contributed by atoms with Gasteiger partial charge < -0.3 is 0 Å². The Morgan fingerprint density at radius 2 is 1.60 bits per heavy atom. The number of hydrogen-bond donors (Lipinski definition) is 0. The van der Waals surface area contributed by atoms with Gasteiger partial charge in [0.15, 0.2) is 5.78 Å². The molecule has 0 fully saturated rings. The normalized spacial score (nSPS) is 13.4. The maximum Gasteiger partial charge on any atom is 0.422 e. The van der Waals surface area contributed by atoms with E-state index < -0.39 is 22.3 Å². The number of benzene rings is 1. The van der Waals surface area contributed by atoms with E-state index >= 15 is 0 Å². The first-order valence-electron chi connectivity index (χ1n) is 6.08. The monoisotopic (exact) mass is 302 g/mol. The molecule has 110 valence electrons. The Hall–Kier alpha value is -1.23. The molecule has 1 nitrogen and oxygen atoms in total. The van der Waals surface area contributed by atoms with Crippen LogP contribution in [0.4, 0.5) is 13.2 Å². The van der Waals surface area contributed by atoms with Crippen molar-refractivity contribution in [1.29, 1.82) is 0 Å². The van der Waals surface area contributed by atoms with Gasteiger partial charge in [-0.05, 0) is 19.1 Å². The third-order valence-electron chi connectivity index (χ3n) is 2.53. The molecule has 0 heterocycles. The fourth-order valence-corrected chi connectivity index (χ4v) is 2.05. The first-order chi connectivity index (χ1) is 9.00. The van der Waals surface area contributed by atoms with E-state index in [-0.39, 0.29) is 0 Å². The Bertz CT molecular complexity index is 507. The number of carbonyl (C=O) groups excluding carboxylic acids is 1. The van der Waals surface area contributed by atoms with E-state index in [0.29, 0.717) is 22.7 Å². The molecule has 0 aliphatic rings. The lowest BCUT2D eigenvalue weighted by Crippen LogP contribution is -2.20. The number of thioether (sulfide) groups is 1. The fraction of sp³-hybridized carbons (Fsp3) is 0.400. The molecule has 0 aliphatic carbocycles. The number of aryl methyl sites for hydroxylation is 1. The van der Waals surface area contributed by atoms with Gasteiger partial charge in [-0.25, -0.2) is 0 Å². The van der Waals surface area contributed by atoms with Gasteiger partial charge in [0.25, 0.3) is 0 Å². The summed E-state index contributed by atoms with van der Waals surface area (Å²) in [6.45, 7) is 6.64. The first kappa shape index (κ1) is 16.8. The second-order valence-corrected chi connectivity index (χ2v) is 6.65. The predicted molar refractivity (Wildman–Crippen MR) is 75.6 cm³/mol. The molecule has 0 aromatic heterocycles. The Morgan fingerprint density at radius 3 is 2.00 bits per heavy atom. The molecule has 1 aromatic carbocycles. The molecule has 0 aliphatic heterocycles. The number of rotatable bonds is 3. The zero-order valence-corrected chi connectivity index (χ0v) is 12.7. The lowest BCUT2D eigenvalue weighted by atomic mass is 9.90. The number of alkyl halides is 3. The zero-order chi connectivity index (χ0) is 15.6. The van der Waals surface area contributed by atoms with Crippen LogP contribution in [0.15, 0.2) is 40.1 Å². The largest absolute Gasteiger partial charge is 0.422 e. The molecule has 0 radical (unpaired) electrons. The summed E-state index contributed by atoms with van der Waals surface area (Å²) in [5, 5.41) is 0. The molecule has 0 N–H and O–H groups in total. The predicted octanol–water partition coefficient (Wildman–Crippen LogP) is 5.15. The highest BCUT2D eigenvalue weighted by Gasteiger charge is 2.36. The average molecular weight is 302 g/mol. The van der Waals surface area contributed by atoms with E-state index in [9.17, 15) is 18.0 Å². The minimum absolute atomic E-state index is 0.459. The van der Waals surface area contributed by atoms with Crippen molar-refractivity contribution in [2.75, 3.05) is 0 Å². The van der Waals surface area contributed by atoms with Gasteiger partial charge in [-0.2, -0.15) is 13.2 Å². The van der Waals surface area contributed by atoms with Gasteiger partial charge in [-0.1, -0.05) is 50.2 Å². The van der Waals surface area contributed by atoms with Crippen molar-refractivity contribution in [1.82, 2.24) is 0 Å². The molecule has 0 spiro atoms. The van der Waals surface area contributed by atoms with Crippen LogP contribution in [0, 0.1) is 12.3 Å². The summed E-state index contributed by atoms with van der Waals surface area (Å²) < 4.78 is 39.0. The van der Waals surface area contributed by atoms with Gasteiger partial charge in [0, 0.05) is 16.4 Å². The first-order valence-corrected chi connectivity index (χ1v) is 6.89. The van der Waals surface area contributed by atoms with Crippen molar-refractivity contribution >= 4 is 17.5 Å². The average Bonchev–Trinajstić information content (AvgIpc) is 2.28. The number of halogens is 3. The van der Waals surface area contributed by atoms with Gasteiger partial charge in [-0.15, -0.1) is 0 Å². The summed E-state index contributed by atoms with van der Waals surface area (Å²) in [6.07, 6.45) is -3.83. The Morgan fingerprint density at radius 1 is 1.10 bits per heavy atom. The smallest absolute Gasteiger partial charge is 0.294 e. The van der Waals surface area contributed by atoms with E-state index in [1.807, 2.05) is 6.92 Å². The summed E-state index contributed by atoms with van der Waals surface area (Å²) in [6, 6.07) is 6.70. The minimum Gasteiger partial charge on any atom is -0.294 e. The van der Waals surface area contributed by atoms with Crippen LogP contribution in [0.3, 0.4) is 0 Å². The van der Waals surface area contributed by atoms with E-state index in [1.54, 1.807) is 45.0 Å². The quantitative estimate of drug-likeness (QED) is 0.567. The Balaban J connectivity index is 3.06. The van der Waals surface area contributed by atoms with E-state index in [2.05, 4.69) is 0 Å². The second-order valence-electron chi connectivity index (χ2n) is 5.54. The van der Waals surface area contributed by atoms with Crippen LogP contribution in [0.1, 0.15) is 26.3 Å². The maximum absolute atomic E-state index is 13.0. The summed E-state index contributed by atoms with van der Waals surface area (Å²) in [7, 11) is 0. The van der Waals surface area contributed by atoms with Crippen molar-refractivity contribution in [2.45, 2.75) is 38.8 Å². The molecule has 20 heavy (non-hydrogen) atoms. The van der Waals surface area contributed by atoms with Crippen LogP contribution in [0.5, 0.6) is 0 Å². The zero-order valence-electron chi connectivity index (χ0n) is 11.8. The number of hydrogen-bond acceptors (Lipinski definition) is 2. The van der Waals surface area contributed by atoms with Crippen molar-refractivity contribution in [3.8, 4) is 0 Å². The summed E-state index contributed by atoms with van der Waals surface area (Å²) in [4.78, 5) is 11.3. The van der Waals surface area contributed by atoms with Crippen molar-refractivity contribution in [3.63, 3.8) is 0 Å². The fourth-order valence-electron chi connectivity index (χ4n) is 1.24. The van der Waals surface area contributed by atoms with Gasteiger partial charge in [0.05, 0.1) is 4.91 Å². The maximum atomic E-state index is 13.0. The highest BCUT2D eigenvalue weighted by molar-refractivity contribution is 8.03. The molecule has 0 saturated carbocycles. The number of carbonyl (C=O) groups is 1. The van der Waals surface area contributed by atoms with E-state index in [1.165, 1.54) is 0 Å². The van der Waals surface area contributed by atoms with E-state index in [4.69, 9.17) is 0 Å². The molecule has 5 heteroatoms. The van der Waals surface area contributed by atoms with Crippen molar-refractivity contribution in [2.24, 2.45) is 5.41 Å². The third-order valence-corrected chi connectivity index (χ3v) is 3.61. The van der Waals surface area contributed by atoms with Gasteiger partial charge in [0.2, 0.25) is 0 Å². The van der Waals surface area contributed by atoms with Crippen molar-refractivity contribution < 1.29 is 18.0 Å². The van der Waals surface area contributed by atoms with Gasteiger partial charge in [0.1, 0.15) is 0 Å². The Labute approximate surface area is 121 Å². The van der Waals surface area contributed by atoms with Crippen LogP contribution in [0.25, 0.3) is 0 Å². The summed E-state index contributed by atoms with van der Waals surface area (Å²) >= 11 is 0.564. The molecular weight excluding hydrogens is 285 g/mol. The molecular formula is C15H17F3OS. The van der Waals surface area contributed by atoms with Crippen LogP contribution in [0.2, 0.25) is 0 Å². The number of allylic oxidation sites excluding steroid dienone is 2. The topological polar surface area (TPSA) is 17.1 Å². The Kier molecular flexibility index (Phi) is 5.08. The minimum atomic E-state index is -4.53. The molecule has 0 amide bonds. The summed E-state index contributed by atoms with van der Waals surface area (Å²) in [5.41, 5.74) is 0.141. The molecule has 0 saturated heterocycles. The van der Waals surface area contributed by atoms with Crippen molar-refractivity contribution in [3.05, 3.63) is 40.8 Å². The van der Waals surface area contributed by atoms with E-state index in [0.717, 1.165) is 5.56 Å². The SMILES string of the molecule is Cc1ccc(S/C(=C\C(=O)C(C)(C)C)C(F)(F)F)cc1. The molecule has 0 unspecified atom stereocenters. The van der Waals surface area contributed by atoms with Crippen LogP contribution in [-0.4, -0.2) is 12.0 Å². The van der Waals surface area contributed by atoms with Crippen LogP contribution in [-0.2, 0) is 4.79 Å². The molecule has 1 aromatic rings. The standard InChI is InChI=1S/C15H17F3OS/c1-10-5-7-11(8-6-10)20-13(15(16,17)18)9-12(19)14(2,3)4/h5-9H,1-4H3/b13-9-. The molecule has 1 rings (SSSR count). The lowest BCUT2D eigenvalue weighted by molar-refractivity contribution is -0.122. The van der Waals surface area contributed by atoms with Gasteiger partial charge >= 0.3 is 6.18 Å². The van der Waals surface area contributed by atoms with Gasteiger partial charge in [-0.3, -0.25) is 4.79 Å². The molecule has 0 bridgehead atoms. The second kappa shape index (κ2) is 6.04. The highest BCUT2D eigenvalue weighted by atomic mass is 32.2. The van der Waals surface area contributed by atoms with Crippen LogP contribution >= 0.6 is 11.8 Å².